The zero-order valence-corrected chi connectivity index (χ0v) is 13.4. The lowest BCUT2D eigenvalue weighted by Gasteiger charge is -2.13. The van der Waals surface area contributed by atoms with Gasteiger partial charge in [0.2, 0.25) is 0 Å². The van der Waals surface area contributed by atoms with Gasteiger partial charge in [-0.3, -0.25) is 0 Å². The monoisotopic (exact) mass is 340 g/mol. The van der Waals surface area contributed by atoms with E-state index < -0.39 is 15.8 Å². The number of carboxylic acid groups (broad SMARTS) is 1. The molecule has 2 aromatic carbocycles. The van der Waals surface area contributed by atoms with E-state index >= 15 is 0 Å². The van der Waals surface area contributed by atoms with Gasteiger partial charge in [-0.2, -0.15) is 0 Å². The summed E-state index contributed by atoms with van der Waals surface area (Å²) in [7, 11) is -3.66. The Labute approximate surface area is 133 Å². The van der Waals surface area contributed by atoms with Gasteiger partial charge in [0.1, 0.15) is 16.4 Å². The Kier molecular flexibility index (Phi) is 4.44. The molecule has 2 rings (SSSR count). The van der Waals surface area contributed by atoms with Gasteiger partial charge in [-0.15, -0.1) is 0 Å². The predicted octanol–water partition coefficient (Wildman–Crippen LogP) is 3.54. The third kappa shape index (κ3) is 3.58. The second kappa shape index (κ2) is 5.98. The number of carbonyl (C=O) groups is 1. The van der Waals surface area contributed by atoms with Crippen LogP contribution in [0.25, 0.3) is 0 Å². The molecule has 0 aliphatic heterocycles. The fourth-order valence-electron chi connectivity index (χ4n) is 1.92. The fourth-order valence-corrected chi connectivity index (χ4v) is 2.90. The second-order valence-electron chi connectivity index (χ2n) is 4.75. The quantitative estimate of drug-likeness (QED) is 0.920. The molecule has 0 spiro atoms. The number of benzene rings is 2. The summed E-state index contributed by atoms with van der Waals surface area (Å²) in [5.41, 5.74) is 0.316. The standard InChI is InChI=1S/C15H13ClO5S/c1-9-6-13(21-11-5-3-4-10(16)7-11)14(22(2,19)20)8-12(9)15(17)18/h3-8H,1-2H3,(H,17,18). The molecule has 0 unspecified atom stereocenters. The van der Waals surface area contributed by atoms with Crippen molar-refractivity contribution >= 4 is 27.4 Å². The lowest BCUT2D eigenvalue weighted by molar-refractivity contribution is 0.0696. The Bertz CT molecular complexity index is 843. The minimum atomic E-state index is -3.66. The summed E-state index contributed by atoms with van der Waals surface area (Å²) >= 11 is 5.86. The first-order valence-electron chi connectivity index (χ1n) is 6.20. The van der Waals surface area contributed by atoms with Gasteiger partial charge >= 0.3 is 5.97 Å². The lowest BCUT2D eigenvalue weighted by Crippen LogP contribution is -2.06. The summed E-state index contributed by atoms with van der Waals surface area (Å²) in [5.74, 6) is -0.774. The Morgan fingerprint density at radius 1 is 1.23 bits per heavy atom. The molecule has 0 bridgehead atoms. The number of carboxylic acids is 1. The molecule has 0 amide bonds. The summed E-state index contributed by atoms with van der Waals surface area (Å²) in [6.45, 7) is 1.57. The molecule has 5 nitrogen and oxygen atoms in total. The zero-order valence-electron chi connectivity index (χ0n) is 11.8. The van der Waals surface area contributed by atoms with Gasteiger partial charge in [-0.1, -0.05) is 17.7 Å². The van der Waals surface area contributed by atoms with Crippen LogP contribution in [0.2, 0.25) is 5.02 Å². The molecule has 0 saturated heterocycles. The largest absolute Gasteiger partial charge is 0.478 e. The van der Waals surface area contributed by atoms with E-state index in [1.807, 2.05) is 0 Å². The smallest absolute Gasteiger partial charge is 0.335 e. The van der Waals surface area contributed by atoms with Crippen molar-refractivity contribution in [2.75, 3.05) is 6.26 Å². The van der Waals surface area contributed by atoms with Gasteiger partial charge in [0.25, 0.3) is 0 Å². The maximum absolute atomic E-state index is 11.9. The van der Waals surface area contributed by atoms with Crippen LogP contribution in [0.3, 0.4) is 0 Å². The summed E-state index contributed by atoms with van der Waals surface area (Å²) in [5, 5.41) is 9.56. The molecule has 0 radical (unpaired) electrons. The molecule has 0 saturated carbocycles. The van der Waals surface area contributed by atoms with E-state index in [1.54, 1.807) is 25.1 Å². The molecular formula is C15H13ClO5S. The first-order chi connectivity index (χ1) is 10.2. The van der Waals surface area contributed by atoms with Crippen molar-refractivity contribution in [2.45, 2.75) is 11.8 Å². The number of hydrogen-bond donors (Lipinski definition) is 1. The first kappa shape index (κ1) is 16.3. The van der Waals surface area contributed by atoms with E-state index in [1.165, 1.54) is 12.1 Å². The average molecular weight is 341 g/mol. The maximum Gasteiger partial charge on any atom is 0.335 e. The molecule has 0 atom stereocenters. The first-order valence-corrected chi connectivity index (χ1v) is 8.47. The predicted molar refractivity (Wildman–Crippen MR) is 82.8 cm³/mol. The Hall–Kier alpha value is -2.05. The summed E-state index contributed by atoms with van der Waals surface area (Å²) in [6, 6.07) is 8.97. The average Bonchev–Trinajstić information content (AvgIpc) is 2.36. The normalized spacial score (nSPS) is 11.2. The van der Waals surface area contributed by atoms with Gasteiger partial charge in [0.05, 0.1) is 5.56 Å². The van der Waals surface area contributed by atoms with Crippen LogP contribution >= 0.6 is 11.6 Å². The maximum atomic E-state index is 11.9. The number of halogens is 1. The third-order valence-corrected chi connectivity index (χ3v) is 4.30. The van der Waals surface area contributed by atoms with E-state index in [0.29, 0.717) is 16.3 Å². The summed E-state index contributed by atoms with van der Waals surface area (Å²) in [6.07, 6.45) is 0.994. The number of aromatic carboxylic acids is 1. The lowest BCUT2D eigenvalue weighted by atomic mass is 10.1. The molecule has 1 N–H and O–H groups in total. The SMILES string of the molecule is Cc1cc(Oc2cccc(Cl)c2)c(S(C)(=O)=O)cc1C(=O)O. The molecule has 7 heteroatoms. The van der Waals surface area contributed by atoms with Gasteiger partial charge in [-0.25, -0.2) is 13.2 Å². The summed E-state index contributed by atoms with van der Waals surface area (Å²) < 4.78 is 29.4. The molecule has 2 aromatic rings. The highest BCUT2D eigenvalue weighted by Gasteiger charge is 2.20. The number of hydrogen-bond acceptors (Lipinski definition) is 4. The highest BCUT2D eigenvalue weighted by Crippen LogP contribution is 2.32. The van der Waals surface area contributed by atoms with Crippen molar-refractivity contribution in [1.82, 2.24) is 0 Å². The molecular weight excluding hydrogens is 328 g/mol. The molecule has 0 fully saturated rings. The topological polar surface area (TPSA) is 80.7 Å². The van der Waals surface area contributed by atoms with E-state index in [2.05, 4.69) is 0 Å². The van der Waals surface area contributed by atoms with Crippen molar-refractivity contribution in [3.05, 3.63) is 52.5 Å². The van der Waals surface area contributed by atoms with Crippen molar-refractivity contribution in [3.8, 4) is 11.5 Å². The van der Waals surface area contributed by atoms with Crippen molar-refractivity contribution in [1.29, 1.82) is 0 Å². The zero-order chi connectivity index (χ0) is 16.5. The number of sulfone groups is 1. The van der Waals surface area contributed by atoms with Crippen LogP contribution in [0, 0.1) is 6.92 Å². The number of aryl methyl sites for hydroxylation is 1. The van der Waals surface area contributed by atoms with Crippen LogP contribution in [0.5, 0.6) is 11.5 Å². The number of ether oxygens (including phenoxy) is 1. The minimum absolute atomic E-state index is 0.0623. The highest BCUT2D eigenvalue weighted by atomic mass is 35.5. The Morgan fingerprint density at radius 2 is 1.91 bits per heavy atom. The highest BCUT2D eigenvalue weighted by molar-refractivity contribution is 7.90. The van der Waals surface area contributed by atoms with Gasteiger partial charge < -0.3 is 9.84 Å². The third-order valence-electron chi connectivity index (χ3n) is 2.94. The second-order valence-corrected chi connectivity index (χ2v) is 7.17. The van der Waals surface area contributed by atoms with Crippen molar-refractivity contribution < 1.29 is 23.1 Å². The van der Waals surface area contributed by atoms with Crippen LogP contribution in [-0.4, -0.2) is 25.7 Å². The molecule has 0 aliphatic carbocycles. The molecule has 0 aliphatic rings. The Morgan fingerprint density at radius 3 is 2.45 bits per heavy atom. The van der Waals surface area contributed by atoms with Crippen molar-refractivity contribution in [3.63, 3.8) is 0 Å². The van der Waals surface area contributed by atoms with E-state index in [-0.39, 0.29) is 16.2 Å². The number of rotatable bonds is 4. The van der Waals surface area contributed by atoms with Gasteiger partial charge in [-0.05, 0) is 42.8 Å². The van der Waals surface area contributed by atoms with Crippen LogP contribution in [-0.2, 0) is 9.84 Å². The van der Waals surface area contributed by atoms with E-state index in [9.17, 15) is 13.2 Å². The molecule has 116 valence electrons. The molecule has 0 heterocycles. The van der Waals surface area contributed by atoms with E-state index in [0.717, 1.165) is 12.3 Å². The van der Waals surface area contributed by atoms with Crippen LogP contribution < -0.4 is 4.74 Å². The van der Waals surface area contributed by atoms with Crippen LogP contribution in [0.15, 0.2) is 41.3 Å². The van der Waals surface area contributed by atoms with Crippen LogP contribution in [0.4, 0.5) is 0 Å². The van der Waals surface area contributed by atoms with Gasteiger partial charge in [0, 0.05) is 11.3 Å². The van der Waals surface area contributed by atoms with Crippen LogP contribution in [0.1, 0.15) is 15.9 Å². The fraction of sp³-hybridized carbons (Fsp3) is 0.133. The summed E-state index contributed by atoms with van der Waals surface area (Å²) in [4.78, 5) is 11.0. The van der Waals surface area contributed by atoms with E-state index in [4.69, 9.17) is 21.4 Å². The molecule has 0 aromatic heterocycles. The Balaban J connectivity index is 2.59. The van der Waals surface area contributed by atoms with Crippen molar-refractivity contribution in [2.24, 2.45) is 0 Å². The van der Waals surface area contributed by atoms with Gasteiger partial charge in [0.15, 0.2) is 9.84 Å². The molecule has 22 heavy (non-hydrogen) atoms. The minimum Gasteiger partial charge on any atom is -0.478 e.